The Morgan fingerprint density at radius 1 is 1.36 bits per heavy atom. The number of hydrogen-bond donors (Lipinski definition) is 1. The highest BCUT2D eigenvalue weighted by atomic mass is 19.4. The van der Waals surface area contributed by atoms with E-state index in [4.69, 9.17) is 5.73 Å². The van der Waals surface area contributed by atoms with Gasteiger partial charge in [0.15, 0.2) is 0 Å². The third kappa shape index (κ3) is 1.76. The lowest BCUT2D eigenvalue weighted by Crippen LogP contribution is -2.18. The maximum Gasteiger partial charge on any atom is 0.418 e. The minimum atomic E-state index is -4.29. The van der Waals surface area contributed by atoms with Crippen LogP contribution < -0.4 is 5.73 Å². The molecule has 0 unspecified atom stereocenters. The normalized spacial score (nSPS) is 19.2. The molecule has 0 fully saturated rings. The Morgan fingerprint density at radius 2 is 2.00 bits per heavy atom. The van der Waals surface area contributed by atoms with Gasteiger partial charge in [-0.2, -0.15) is 13.2 Å². The summed E-state index contributed by atoms with van der Waals surface area (Å²) in [6, 6.07) is 0. The zero-order valence-electron chi connectivity index (χ0n) is 5.78. The fraction of sp³-hybridized carbons (Fsp3) is 0.429. The van der Waals surface area contributed by atoms with Gasteiger partial charge in [0.05, 0.1) is 5.57 Å². The van der Waals surface area contributed by atoms with E-state index in [-0.39, 0.29) is 5.70 Å². The molecule has 2 N–H and O–H groups in total. The van der Waals surface area contributed by atoms with Crippen molar-refractivity contribution in [3.63, 3.8) is 0 Å². The van der Waals surface area contributed by atoms with Crippen molar-refractivity contribution in [2.24, 2.45) is 5.73 Å². The standard InChI is InChI=1S/C7H8F3N/c8-7(9,10)5-3-1-2-4-6(5)11/h1,3H,2,4,11H2. The quantitative estimate of drug-likeness (QED) is 0.581. The number of nitrogens with two attached hydrogens (primary N) is 1. The fourth-order valence-electron chi connectivity index (χ4n) is 0.958. The van der Waals surface area contributed by atoms with Crippen LogP contribution in [0.1, 0.15) is 12.8 Å². The van der Waals surface area contributed by atoms with Crippen molar-refractivity contribution in [1.29, 1.82) is 0 Å². The topological polar surface area (TPSA) is 26.0 Å². The molecule has 0 atom stereocenters. The van der Waals surface area contributed by atoms with Crippen molar-refractivity contribution in [1.82, 2.24) is 0 Å². The average molecular weight is 163 g/mol. The van der Waals surface area contributed by atoms with Crippen LogP contribution in [0.4, 0.5) is 13.2 Å². The first kappa shape index (κ1) is 8.17. The van der Waals surface area contributed by atoms with Crippen LogP contribution in [-0.2, 0) is 0 Å². The fourth-order valence-corrected chi connectivity index (χ4v) is 0.958. The molecule has 0 saturated heterocycles. The molecule has 0 radical (unpaired) electrons. The van der Waals surface area contributed by atoms with Crippen molar-refractivity contribution in [3.05, 3.63) is 23.4 Å². The summed E-state index contributed by atoms with van der Waals surface area (Å²) >= 11 is 0. The molecule has 1 nitrogen and oxygen atoms in total. The molecule has 1 aliphatic rings. The number of hydrogen-bond acceptors (Lipinski definition) is 1. The SMILES string of the molecule is NC1=C(C(F)(F)F)C=CCC1. The smallest absolute Gasteiger partial charge is 0.402 e. The van der Waals surface area contributed by atoms with Crippen LogP contribution in [0.15, 0.2) is 23.4 Å². The van der Waals surface area contributed by atoms with Crippen molar-refractivity contribution in [3.8, 4) is 0 Å². The molecule has 0 aromatic carbocycles. The van der Waals surface area contributed by atoms with E-state index < -0.39 is 11.7 Å². The zero-order chi connectivity index (χ0) is 8.48. The molecule has 0 heterocycles. The van der Waals surface area contributed by atoms with Gasteiger partial charge in [-0.05, 0) is 12.8 Å². The van der Waals surface area contributed by atoms with Gasteiger partial charge in [0.1, 0.15) is 0 Å². The van der Waals surface area contributed by atoms with Gasteiger partial charge in [0.25, 0.3) is 0 Å². The first-order valence-electron chi connectivity index (χ1n) is 3.24. The Kier molecular flexibility index (Phi) is 1.93. The Hall–Kier alpha value is -0.930. The second kappa shape index (κ2) is 2.60. The van der Waals surface area contributed by atoms with E-state index in [9.17, 15) is 13.2 Å². The summed E-state index contributed by atoms with van der Waals surface area (Å²) in [6.07, 6.45) is -0.851. The van der Waals surface area contributed by atoms with E-state index in [0.29, 0.717) is 12.8 Å². The molecule has 0 bridgehead atoms. The van der Waals surface area contributed by atoms with Crippen LogP contribution in [0.3, 0.4) is 0 Å². The molecule has 0 spiro atoms. The van der Waals surface area contributed by atoms with Crippen molar-refractivity contribution in [2.75, 3.05) is 0 Å². The van der Waals surface area contributed by atoms with Crippen LogP contribution in [0, 0.1) is 0 Å². The van der Waals surface area contributed by atoms with Crippen molar-refractivity contribution >= 4 is 0 Å². The molecule has 11 heavy (non-hydrogen) atoms. The molecular formula is C7H8F3N. The first-order valence-corrected chi connectivity index (χ1v) is 3.24. The number of allylic oxidation sites excluding steroid dienone is 4. The maximum absolute atomic E-state index is 12.0. The third-order valence-corrected chi connectivity index (χ3v) is 1.52. The van der Waals surface area contributed by atoms with Crippen LogP contribution in [-0.4, -0.2) is 6.18 Å². The van der Waals surface area contributed by atoms with Crippen molar-refractivity contribution in [2.45, 2.75) is 19.0 Å². The summed E-state index contributed by atoms with van der Waals surface area (Å²) in [5, 5.41) is 0. The predicted molar refractivity (Wildman–Crippen MR) is 35.6 cm³/mol. The molecule has 1 aliphatic carbocycles. The Bertz CT molecular complexity index is 212. The Labute approximate surface area is 62.4 Å². The molecule has 1 rings (SSSR count). The van der Waals surface area contributed by atoms with Crippen LogP contribution in [0.25, 0.3) is 0 Å². The maximum atomic E-state index is 12.0. The summed E-state index contributed by atoms with van der Waals surface area (Å²) in [4.78, 5) is 0. The Morgan fingerprint density at radius 3 is 2.36 bits per heavy atom. The van der Waals surface area contributed by atoms with Gasteiger partial charge in [-0.1, -0.05) is 12.2 Å². The number of halogens is 3. The zero-order valence-corrected chi connectivity index (χ0v) is 5.78. The van der Waals surface area contributed by atoms with E-state index in [1.165, 1.54) is 6.08 Å². The molecule has 0 aromatic rings. The van der Waals surface area contributed by atoms with Gasteiger partial charge in [-0.3, -0.25) is 0 Å². The largest absolute Gasteiger partial charge is 0.418 e. The number of alkyl halides is 3. The highest BCUT2D eigenvalue weighted by Gasteiger charge is 2.34. The average Bonchev–Trinajstić information content (AvgIpc) is 1.86. The first-order chi connectivity index (χ1) is 5.02. The minimum absolute atomic E-state index is 0.0556. The number of rotatable bonds is 0. The van der Waals surface area contributed by atoms with Crippen LogP contribution in [0.2, 0.25) is 0 Å². The van der Waals surface area contributed by atoms with Gasteiger partial charge in [0.2, 0.25) is 0 Å². The van der Waals surface area contributed by atoms with E-state index >= 15 is 0 Å². The second-order valence-corrected chi connectivity index (χ2v) is 2.38. The lowest BCUT2D eigenvalue weighted by atomic mass is 10.0. The Balaban J connectivity index is 2.93. The summed E-state index contributed by atoms with van der Waals surface area (Å²) < 4.78 is 36.0. The van der Waals surface area contributed by atoms with Gasteiger partial charge in [0, 0.05) is 5.70 Å². The molecule has 4 heteroatoms. The molecule has 62 valence electrons. The van der Waals surface area contributed by atoms with Gasteiger partial charge in [-0.25, -0.2) is 0 Å². The monoisotopic (exact) mass is 163 g/mol. The molecule has 0 aromatic heterocycles. The highest BCUT2D eigenvalue weighted by molar-refractivity contribution is 5.31. The molecular weight excluding hydrogens is 155 g/mol. The summed E-state index contributed by atoms with van der Waals surface area (Å²) in [5.41, 5.74) is 4.43. The van der Waals surface area contributed by atoms with Crippen molar-refractivity contribution < 1.29 is 13.2 Å². The summed E-state index contributed by atoms with van der Waals surface area (Å²) in [6.45, 7) is 0. The minimum Gasteiger partial charge on any atom is -0.402 e. The molecule has 0 amide bonds. The van der Waals surface area contributed by atoms with E-state index in [1.54, 1.807) is 0 Å². The van der Waals surface area contributed by atoms with Gasteiger partial charge < -0.3 is 5.73 Å². The van der Waals surface area contributed by atoms with E-state index in [2.05, 4.69) is 0 Å². The lowest BCUT2D eigenvalue weighted by Gasteiger charge is -2.14. The van der Waals surface area contributed by atoms with Gasteiger partial charge in [-0.15, -0.1) is 0 Å². The predicted octanol–water partition coefficient (Wildman–Crippen LogP) is 2.11. The van der Waals surface area contributed by atoms with Crippen LogP contribution in [0.5, 0.6) is 0 Å². The summed E-state index contributed by atoms with van der Waals surface area (Å²) in [7, 11) is 0. The van der Waals surface area contributed by atoms with E-state index in [0.717, 1.165) is 6.08 Å². The van der Waals surface area contributed by atoms with Gasteiger partial charge >= 0.3 is 6.18 Å². The second-order valence-electron chi connectivity index (χ2n) is 2.38. The van der Waals surface area contributed by atoms with Crippen LogP contribution >= 0.6 is 0 Å². The highest BCUT2D eigenvalue weighted by Crippen LogP contribution is 2.31. The summed E-state index contributed by atoms with van der Waals surface area (Å²) in [5.74, 6) is 0. The molecule has 0 saturated carbocycles. The third-order valence-electron chi connectivity index (χ3n) is 1.52. The van der Waals surface area contributed by atoms with E-state index in [1.807, 2.05) is 0 Å². The lowest BCUT2D eigenvalue weighted by molar-refractivity contribution is -0.0893. The molecule has 0 aliphatic heterocycles.